The highest BCUT2D eigenvalue weighted by atomic mass is 16.5. The van der Waals surface area contributed by atoms with Gasteiger partial charge in [-0.1, -0.05) is 0 Å². The molecule has 3 heterocycles. The van der Waals surface area contributed by atoms with Crippen molar-refractivity contribution in [3.05, 3.63) is 42.1 Å². The lowest BCUT2D eigenvalue weighted by molar-refractivity contribution is 0.415. The van der Waals surface area contributed by atoms with Crippen molar-refractivity contribution in [1.29, 1.82) is 0 Å². The number of piperidine rings is 1. The van der Waals surface area contributed by atoms with Gasteiger partial charge in [-0.3, -0.25) is 0 Å². The van der Waals surface area contributed by atoms with Crippen molar-refractivity contribution in [2.45, 2.75) is 18.8 Å². The molecule has 0 saturated carbocycles. The van der Waals surface area contributed by atoms with Gasteiger partial charge in [0.05, 0.1) is 18.5 Å². The van der Waals surface area contributed by atoms with Gasteiger partial charge in [0.15, 0.2) is 5.65 Å². The molecule has 0 bridgehead atoms. The van der Waals surface area contributed by atoms with Crippen molar-refractivity contribution < 1.29 is 4.74 Å². The van der Waals surface area contributed by atoms with E-state index in [4.69, 9.17) is 15.5 Å². The van der Waals surface area contributed by atoms with E-state index in [0.717, 1.165) is 47.9 Å². The summed E-state index contributed by atoms with van der Waals surface area (Å²) in [5.74, 6) is 1.87. The monoisotopic (exact) mass is 323 g/mol. The summed E-state index contributed by atoms with van der Waals surface area (Å²) in [6, 6.07) is 11.8. The van der Waals surface area contributed by atoms with Crippen molar-refractivity contribution in [2.75, 3.05) is 25.9 Å². The van der Waals surface area contributed by atoms with Gasteiger partial charge in [0.2, 0.25) is 0 Å². The largest absolute Gasteiger partial charge is 0.497 e. The van der Waals surface area contributed by atoms with Crippen molar-refractivity contribution in [2.24, 2.45) is 0 Å². The van der Waals surface area contributed by atoms with Crippen LogP contribution in [0.5, 0.6) is 5.75 Å². The zero-order valence-corrected chi connectivity index (χ0v) is 13.7. The molecular weight excluding hydrogens is 302 g/mol. The summed E-state index contributed by atoms with van der Waals surface area (Å²) in [5.41, 5.74) is 9.94. The molecule has 4 rings (SSSR count). The summed E-state index contributed by atoms with van der Waals surface area (Å²) < 4.78 is 6.91. The van der Waals surface area contributed by atoms with Crippen LogP contribution in [0.4, 0.5) is 5.82 Å². The first-order valence-electron chi connectivity index (χ1n) is 8.26. The van der Waals surface area contributed by atoms with Gasteiger partial charge in [-0.05, 0) is 43.7 Å². The SMILES string of the molecule is COc1ccc(-c2cc3nc(C4CCCNC4)cc(N)n3n2)cc1. The lowest BCUT2D eigenvalue weighted by Gasteiger charge is -2.22. The van der Waals surface area contributed by atoms with Gasteiger partial charge in [0, 0.05) is 30.2 Å². The van der Waals surface area contributed by atoms with E-state index in [-0.39, 0.29) is 0 Å². The highest BCUT2D eigenvalue weighted by Gasteiger charge is 2.18. The first-order chi connectivity index (χ1) is 11.7. The second-order valence-corrected chi connectivity index (χ2v) is 6.18. The standard InChI is InChI=1S/C18H21N5O/c1-24-14-6-4-12(5-7-14)16-10-18-21-15(9-17(19)23(18)22-16)13-3-2-8-20-11-13/h4-7,9-10,13,20H,2-3,8,11,19H2,1H3. The van der Waals surface area contributed by atoms with E-state index in [9.17, 15) is 0 Å². The van der Waals surface area contributed by atoms with Crippen LogP contribution >= 0.6 is 0 Å². The number of hydrogen-bond acceptors (Lipinski definition) is 5. The highest BCUT2D eigenvalue weighted by molar-refractivity contribution is 5.66. The maximum atomic E-state index is 6.22. The molecule has 6 heteroatoms. The molecule has 1 fully saturated rings. The maximum Gasteiger partial charge on any atom is 0.158 e. The van der Waals surface area contributed by atoms with Crippen molar-refractivity contribution in [3.8, 4) is 17.0 Å². The Bertz CT molecular complexity index is 850. The number of rotatable bonds is 3. The minimum Gasteiger partial charge on any atom is -0.497 e. The Labute approximate surface area is 140 Å². The van der Waals surface area contributed by atoms with E-state index >= 15 is 0 Å². The average Bonchev–Trinajstić information content (AvgIpc) is 3.07. The Balaban J connectivity index is 1.72. The minimum atomic E-state index is 0.422. The number of aromatic nitrogens is 3. The highest BCUT2D eigenvalue weighted by Crippen LogP contribution is 2.27. The number of ether oxygens (including phenoxy) is 1. The van der Waals surface area contributed by atoms with Gasteiger partial charge in [0.25, 0.3) is 0 Å². The quantitative estimate of drug-likeness (QED) is 0.774. The number of methoxy groups -OCH3 is 1. The van der Waals surface area contributed by atoms with E-state index in [0.29, 0.717) is 11.7 Å². The first kappa shape index (κ1) is 15.0. The Kier molecular flexibility index (Phi) is 3.82. The molecule has 0 radical (unpaired) electrons. The summed E-state index contributed by atoms with van der Waals surface area (Å²) in [7, 11) is 1.66. The molecule has 1 aliphatic heterocycles. The molecule has 1 unspecified atom stereocenters. The number of hydrogen-bond donors (Lipinski definition) is 2. The van der Waals surface area contributed by atoms with Crippen molar-refractivity contribution >= 4 is 11.5 Å². The van der Waals surface area contributed by atoms with E-state index in [1.807, 2.05) is 36.4 Å². The fraction of sp³-hybridized carbons (Fsp3) is 0.333. The predicted octanol–water partition coefficient (Wildman–Crippen LogP) is 2.45. The third kappa shape index (κ3) is 2.69. The van der Waals surface area contributed by atoms with Gasteiger partial charge in [-0.2, -0.15) is 9.61 Å². The summed E-state index contributed by atoms with van der Waals surface area (Å²) in [6.45, 7) is 2.05. The zero-order valence-electron chi connectivity index (χ0n) is 13.7. The summed E-state index contributed by atoms with van der Waals surface area (Å²) in [4.78, 5) is 4.80. The number of anilines is 1. The number of fused-ring (bicyclic) bond motifs is 1. The molecule has 6 nitrogen and oxygen atoms in total. The first-order valence-corrected chi connectivity index (χ1v) is 8.26. The van der Waals surface area contributed by atoms with Crippen molar-refractivity contribution in [3.63, 3.8) is 0 Å². The molecular formula is C18H21N5O. The number of benzene rings is 1. The second-order valence-electron chi connectivity index (χ2n) is 6.18. The lowest BCUT2D eigenvalue weighted by Crippen LogP contribution is -2.29. The van der Waals surface area contributed by atoms with Crippen LogP contribution < -0.4 is 15.8 Å². The molecule has 124 valence electrons. The van der Waals surface area contributed by atoms with Crippen LogP contribution in [-0.4, -0.2) is 34.8 Å². The van der Waals surface area contributed by atoms with Gasteiger partial charge < -0.3 is 15.8 Å². The Morgan fingerprint density at radius 3 is 2.79 bits per heavy atom. The van der Waals surface area contributed by atoms with Crippen LogP contribution in [0.2, 0.25) is 0 Å². The molecule has 3 aromatic rings. The summed E-state index contributed by atoms with van der Waals surface area (Å²) in [5, 5.41) is 8.02. The Morgan fingerprint density at radius 2 is 2.08 bits per heavy atom. The van der Waals surface area contributed by atoms with E-state index in [1.54, 1.807) is 11.6 Å². The molecule has 1 atom stereocenters. The average molecular weight is 323 g/mol. The van der Waals surface area contributed by atoms with Crippen molar-refractivity contribution in [1.82, 2.24) is 19.9 Å². The number of nitrogen functional groups attached to an aromatic ring is 1. The van der Waals surface area contributed by atoms with Gasteiger partial charge in [0.1, 0.15) is 11.6 Å². The Morgan fingerprint density at radius 1 is 1.25 bits per heavy atom. The third-order valence-corrected chi connectivity index (χ3v) is 4.58. The molecule has 0 amide bonds. The molecule has 1 aliphatic rings. The summed E-state index contributed by atoms with van der Waals surface area (Å²) >= 11 is 0. The van der Waals surface area contributed by atoms with E-state index in [1.165, 1.54) is 6.42 Å². The van der Waals surface area contributed by atoms with Gasteiger partial charge in [-0.25, -0.2) is 4.98 Å². The second kappa shape index (κ2) is 6.13. The normalized spacial score (nSPS) is 18.0. The van der Waals surface area contributed by atoms with Crippen LogP contribution in [0.15, 0.2) is 36.4 Å². The molecule has 1 saturated heterocycles. The van der Waals surface area contributed by atoms with Crippen LogP contribution in [0.3, 0.4) is 0 Å². The number of nitrogens with two attached hydrogens (primary N) is 1. The minimum absolute atomic E-state index is 0.422. The van der Waals surface area contributed by atoms with Gasteiger partial charge >= 0.3 is 0 Å². The molecule has 0 spiro atoms. The van der Waals surface area contributed by atoms with Crippen LogP contribution in [0.25, 0.3) is 16.9 Å². The molecule has 2 aromatic heterocycles. The molecule has 0 aliphatic carbocycles. The number of nitrogens with zero attached hydrogens (tertiary/aromatic N) is 3. The van der Waals surface area contributed by atoms with Gasteiger partial charge in [-0.15, -0.1) is 0 Å². The van der Waals surface area contributed by atoms with Crippen LogP contribution in [0.1, 0.15) is 24.5 Å². The fourth-order valence-corrected chi connectivity index (χ4v) is 3.23. The maximum absolute atomic E-state index is 6.22. The molecule has 24 heavy (non-hydrogen) atoms. The fourth-order valence-electron chi connectivity index (χ4n) is 3.23. The smallest absolute Gasteiger partial charge is 0.158 e. The summed E-state index contributed by atoms with van der Waals surface area (Å²) in [6.07, 6.45) is 2.32. The van der Waals surface area contributed by atoms with E-state index in [2.05, 4.69) is 10.4 Å². The van der Waals surface area contributed by atoms with E-state index < -0.39 is 0 Å². The molecule has 1 aromatic carbocycles. The third-order valence-electron chi connectivity index (χ3n) is 4.58. The van der Waals surface area contributed by atoms with Crippen LogP contribution in [-0.2, 0) is 0 Å². The van der Waals surface area contributed by atoms with Crippen LogP contribution in [0, 0.1) is 0 Å². The Hall–Kier alpha value is -2.60. The lowest BCUT2D eigenvalue weighted by atomic mass is 9.96. The molecule has 3 N–H and O–H groups in total. The predicted molar refractivity (Wildman–Crippen MR) is 94.2 cm³/mol. The topological polar surface area (TPSA) is 77.5 Å². The number of nitrogens with one attached hydrogen (secondary N) is 1. The zero-order chi connectivity index (χ0) is 16.5.